The Labute approximate surface area is 66.1 Å². The molecule has 0 aliphatic carbocycles. The first-order valence-corrected chi connectivity index (χ1v) is 5.06. The van der Waals surface area contributed by atoms with Crippen LogP contribution in [0.4, 0.5) is 0 Å². The second-order valence-corrected chi connectivity index (χ2v) is 4.59. The fraction of sp³-hybridized carbons (Fsp3) is 1.00. The predicted molar refractivity (Wildman–Crippen MR) is 40.1 cm³/mol. The molecule has 66 valence electrons. The zero-order valence-electron chi connectivity index (χ0n) is 6.36. The molecule has 1 rings (SSSR count). The number of rotatable bonds is 2. The van der Waals surface area contributed by atoms with Crippen LogP contribution in [0.15, 0.2) is 0 Å². The summed E-state index contributed by atoms with van der Waals surface area (Å²) in [4.78, 5) is 4.84. The highest BCUT2D eigenvalue weighted by Gasteiger charge is 2.29. The molecule has 0 radical (unpaired) electrons. The van der Waals surface area contributed by atoms with Crippen LogP contribution in [0.2, 0.25) is 0 Å². The molecular weight excluding hydrogens is 168 g/mol. The van der Waals surface area contributed by atoms with E-state index in [0.717, 1.165) is 4.47 Å². The lowest BCUT2D eigenvalue weighted by Crippen LogP contribution is -2.32. The third-order valence-electron chi connectivity index (χ3n) is 1.49. The fourth-order valence-corrected chi connectivity index (χ4v) is 1.74. The second kappa shape index (κ2) is 3.06. The van der Waals surface area contributed by atoms with Crippen LogP contribution in [-0.2, 0) is 14.9 Å². The quantitative estimate of drug-likeness (QED) is 0.586. The molecule has 1 aliphatic rings. The van der Waals surface area contributed by atoms with Crippen LogP contribution in [0.3, 0.4) is 0 Å². The van der Waals surface area contributed by atoms with E-state index in [1.807, 2.05) is 0 Å². The van der Waals surface area contributed by atoms with Gasteiger partial charge in [-0.25, -0.2) is 8.42 Å². The van der Waals surface area contributed by atoms with Gasteiger partial charge in [0.25, 0.3) is 0 Å². The van der Waals surface area contributed by atoms with E-state index < -0.39 is 10.0 Å². The number of sulfonamides is 1. The van der Waals surface area contributed by atoms with Gasteiger partial charge in [-0.05, 0) is 6.92 Å². The van der Waals surface area contributed by atoms with Gasteiger partial charge in [0.1, 0.15) is 0 Å². The van der Waals surface area contributed by atoms with Crippen LogP contribution in [0.25, 0.3) is 0 Å². The molecule has 0 aromatic carbocycles. The Balaban J connectivity index is 2.64. The summed E-state index contributed by atoms with van der Waals surface area (Å²) >= 11 is 0. The highest BCUT2D eigenvalue weighted by molar-refractivity contribution is 7.88. The van der Waals surface area contributed by atoms with Gasteiger partial charge in [-0.2, -0.15) is 0 Å². The highest BCUT2D eigenvalue weighted by atomic mass is 32.2. The number of hydroxylamine groups is 1. The Kier molecular flexibility index (Phi) is 2.48. The smallest absolute Gasteiger partial charge is 0.235 e. The average Bonchev–Trinajstić information content (AvgIpc) is 2.36. The zero-order chi connectivity index (χ0) is 8.48. The summed E-state index contributed by atoms with van der Waals surface area (Å²) < 4.78 is 23.2. The van der Waals surface area contributed by atoms with Gasteiger partial charge in [-0.15, -0.1) is 0 Å². The monoisotopic (exact) mass is 180 g/mol. The first-order valence-electron chi connectivity index (χ1n) is 3.45. The largest absolute Gasteiger partial charge is 0.324 e. The maximum absolute atomic E-state index is 11.1. The van der Waals surface area contributed by atoms with Gasteiger partial charge in [0.15, 0.2) is 0 Å². The van der Waals surface area contributed by atoms with Crippen LogP contribution < -0.4 is 5.73 Å². The third-order valence-corrected chi connectivity index (χ3v) is 3.10. The van der Waals surface area contributed by atoms with E-state index in [4.69, 9.17) is 10.6 Å². The SMILES string of the molecule is CCS(=O)(=O)N1CC(N)CO1. The molecular formula is C5H12N2O3S. The van der Waals surface area contributed by atoms with Gasteiger partial charge in [0, 0.05) is 6.04 Å². The van der Waals surface area contributed by atoms with Crippen molar-refractivity contribution in [2.45, 2.75) is 13.0 Å². The van der Waals surface area contributed by atoms with Crippen molar-refractivity contribution >= 4 is 10.0 Å². The van der Waals surface area contributed by atoms with Crippen molar-refractivity contribution in [3.05, 3.63) is 0 Å². The summed E-state index contributed by atoms with van der Waals surface area (Å²) in [6.07, 6.45) is 0. The molecule has 1 saturated heterocycles. The third kappa shape index (κ3) is 1.90. The zero-order valence-corrected chi connectivity index (χ0v) is 7.17. The maximum atomic E-state index is 11.1. The van der Waals surface area contributed by atoms with Gasteiger partial charge >= 0.3 is 0 Å². The average molecular weight is 180 g/mol. The minimum Gasteiger partial charge on any atom is -0.324 e. The van der Waals surface area contributed by atoms with Crippen LogP contribution in [0, 0.1) is 0 Å². The van der Waals surface area contributed by atoms with E-state index in [-0.39, 0.29) is 18.3 Å². The molecule has 0 bridgehead atoms. The molecule has 1 fully saturated rings. The summed E-state index contributed by atoms with van der Waals surface area (Å²) in [5, 5.41) is 0. The topological polar surface area (TPSA) is 72.6 Å². The van der Waals surface area contributed by atoms with E-state index in [1.54, 1.807) is 6.92 Å². The van der Waals surface area contributed by atoms with Gasteiger partial charge in [0.2, 0.25) is 10.0 Å². The van der Waals surface area contributed by atoms with Crippen LogP contribution in [0.1, 0.15) is 6.92 Å². The molecule has 11 heavy (non-hydrogen) atoms. The fourth-order valence-electron chi connectivity index (χ4n) is 0.814. The number of hydrogen-bond acceptors (Lipinski definition) is 4. The van der Waals surface area contributed by atoms with Gasteiger partial charge in [0.05, 0.1) is 18.9 Å². The van der Waals surface area contributed by atoms with E-state index in [1.165, 1.54) is 0 Å². The Hall–Kier alpha value is -0.170. The summed E-state index contributed by atoms with van der Waals surface area (Å²) in [6.45, 7) is 2.14. The molecule has 0 aromatic heterocycles. The number of hydrogen-bond donors (Lipinski definition) is 1. The number of nitrogens with two attached hydrogens (primary N) is 1. The Morgan fingerprint density at radius 2 is 2.36 bits per heavy atom. The lowest BCUT2D eigenvalue weighted by atomic mass is 10.4. The predicted octanol–water partition coefficient (Wildman–Crippen LogP) is -1.09. The highest BCUT2D eigenvalue weighted by Crippen LogP contribution is 2.09. The van der Waals surface area contributed by atoms with Gasteiger partial charge in [-0.1, -0.05) is 4.47 Å². The van der Waals surface area contributed by atoms with E-state index in [2.05, 4.69) is 0 Å². The molecule has 1 aliphatic heterocycles. The molecule has 2 N–H and O–H groups in total. The standard InChI is InChI=1S/C5H12N2O3S/c1-2-11(8,9)7-3-5(6)4-10-7/h5H,2-4,6H2,1H3. The van der Waals surface area contributed by atoms with Crippen molar-refractivity contribution in [3.63, 3.8) is 0 Å². The van der Waals surface area contributed by atoms with Crippen LogP contribution >= 0.6 is 0 Å². The van der Waals surface area contributed by atoms with Crippen molar-refractivity contribution < 1.29 is 13.3 Å². The molecule has 1 heterocycles. The van der Waals surface area contributed by atoms with Gasteiger partial charge in [-0.3, -0.25) is 4.84 Å². The first-order chi connectivity index (χ1) is 5.06. The second-order valence-electron chi connectivity index (χ2n) is 2.44. The molecule has 0 aromatic rings. The van der Waals surface area contributed by atoms with Crippen molar-refractivity contribution in [2.75, 3.05) is 18.9 Å². The van der Waals surface area contributed by atoms with Crippen molar-refractivity contribution in [2.24, 2.45) is 5.73 Å². The molecule has 0 saturated carbocycles. The summed E-state index contributed by atoms with van der Waals surface area (Å²) in [7, 11) is -3.20. The maximum Gasteiger partial charge on any atom is 0.235 e. The van der Waals surface area contributed by atoms with Gasteiger partial charge < -0.3 is 5.73 Å². The minimum atomic E-state index is -3.20. The molecule has 6 heteroatoms. The molecule has 5 nitrogen and oxygen atoms in total. The Bertz CT molecular complexity index is 226. The van der Waals surface area contributed by atoms with Crippen molar-refractivity contribution in [1.29, 1.82) is 0 Å². The van der Waals surface area contributed by atoms with Crippen LogP contribution in [-0.4, -0.2) is 37.8 Å². The lowest BCUT2D eigenvalue weighted by molar-refractivity contribution is -0.0286. The Morgan fingerprint density at radius 3 is 2.73 bits per heavy atom. The molecule has 0 amide bonds. The van der Waals surface area contributed by atoms with E-state index >= 15 is 0 Å². The molecule has 1 unspecified atom stereocenters. The normalized spacial score (nSPS) is 27.6. The van der Waals surface area contributed by atoms with Crippen LogP contribution in [0.5, 0.6) is 0 Å². The first kappa shape index (κ1) is 8.92. The van der Waals surface area contributed by atoms with Crippen molar-refractivity contribution in [3.8, 4) is 0 Å². The van der Waals surface area contributed by atoms with E-state index in [0.29, 0.717) is 6.61 Å². The van der Waals surface area contributed by atoms with E-state index in [9.17, 15) is 8.42 Å². The molecule has 0 spiro atoms. The minimum absolute atomic E-state index is 0.0553. The van der Waals surface area contributed by atoms with Crippen molar-refractivity contribution in [1.82, 2.24) is 4.47 Å². The summed E-state index contributed by atoms with van der Waals surface area (Å²) in [5.41, 5.74) is 5.45. The summed E-state index contributed by atoms with van der Waals surface area (Å²) in [5.74, 6) is 0.0553. The number of nitrogens with zero attached hydrogens (tertiary/aromatic N) is 1. The summed E-state index contributed by atoms with van der Waals surface area (Å²) in [6, 6.07) is -0.184. The molecule has 1 atom stereocenters. The lowest BCUT2D eigenvalue weighted by Gasteiger charge is -2.11. The Morgan fingerprint density at radius 1 is 1.73 bits per heavy atom.